The van der Waals surface area contributed by atoms with Gasteiger partial charge in [0.2, 0.25) is 0 Å². The topological polar surface area (TPSA) is 84.7 Å². The fraction of sp³-hybridized carbons (Fsp3) is 0.562. The van der Waals surface area contributed by atoms with Gasteiger partial charge in [-0.3, -0.25) is 14.9 Å². The van der Waals surface area contributed by atoms with Crippen LogP contribution < -0.4 is 10.1 Å². The number of nitrogens with one attached hydrogen (secondary N) is 1. The van der Waals surface area contributed by atoms with Gasteiger partial charge in [-0.1, -0.05) is 0 Å². The summed E-state index contributed by atoms with van der Waals surface area (Å²) in [4.78, 5) is 25.1. The van der Waals surface area contributed by atoms with Crippen LogP contribution in [0.2, 0.25) is 0 Å². The van der Waals surface area contributed by atoms with E-state index in [0.717, 1.165) is 25.9 Å². The van der Waals surface area contributed by atoms with Gasteiger partial charge in [-0.15, -0.1) is 12.4 Å². The second-order valence-electron chi connectivity index (χ2n) is 6.19. The summed E-state index contributed by atoms with van der Waals surface area (Å²) in [6, 6.07) is 4.40. The van der Waals surface area contributed by atoms with Crippen LogP contribution in [0.4, 0.5) is 5.69 Å². The van der Waals surface area contributed by atoms with Crippen LogP contribution in [0.25, 0.3) is 0 Å². The fourth-order valence-corrected chi connectivity index (χ4v) is 3.57. The molecule has 2 saturated heterocycles. The van der Waals surface area contributed by atoms with Gasteiger partial charge < -0.3 is 15.0 Å². The van der Waals surface area contributed by atoms with E-state index >= 15 is 0 Å². The lowest BCUT2D eigenvalue weighted by Crippen LogP contribution is -2.32. The maximum Gasteiger partial charge on any atom is 0.311 e. The molecular weight excluding hydrogens is 334 g/mol. The Kier molecular flexibility index (Phi) is 6.01. The highest BCUT2D eigenvalue weighted by Crippen LogP contribution is 2.30. The highest BCUT2D eigenvalue weighted by molar-refractivity contribution is 5.95. The SMILES string of the molecule is COc1ccc(C(=O)N2CC[C@@H]3CNC[C@@H]3CC2)cc1[N+](=O)[O-].Cl. The number of fused-ring (bicyclic) bond motifs is 1. The summed E-state index contributed by atoms with van der Waals surface area (Å²) in [5, 5.41) is 14.5. The van der Waals surface area contributed by atoms with E-state index in [9.17, 15) is 14.9 Å². The van der Waals surface area contributed by atoms with E-state index in [-0.39, 0.29) is 29.8 Å². The van der Waals surface area contributed by atoms with Gasteiger partial charge in [-0.2, -0.15) is 0 Å². The number of benzene rings is 1. The van der Waals surface area contributed by atoms with Crippen molar-refractivity contribution in [1.82, 2.24) is 10.2 Å². The number of likely N-dealkylation sites (tertiary alicyclic amines) is 1. The molecule has 0 spiro atoms. The molecule has 0 aliphatic carbocycles. The number of methoxy groups -OCH3 is 1. The molecule has 2 aliphatic heterocycles. The summed E-state index contributed by atoms with van der Waals surface area (Å²) in [6.07, 6.45) is 1.98. The zero-order chi connectivity index (χ0) is 16.4. The number of carbonyl (C=O) groups excluding carboxylic acids is 1. The van der Waals surface area contributed by atoms with Crippen molar-refractivity contribution in [2.24, 2.45) is 11.8 Å². The molecule has 1 aromatic carbocycles. The molecule has 3 rings (SSSR count). The quantitative estimate of drug-likeness (QED) is 0.663. The van der Waals surface area contributed by atoms with Gasteiger partial charge in [0.15, 0.2) is 5.75 Å². The van der Waals surface area contributed by atoms with E-state index in [0.29, 0.717) is 30.5 Å². The molecule has 1 N–H and O–H groups in total. The van der Waals surface area contributed by atoms with Gasteiger partial charge in [0, 0.05) is 24.7 Å². The third kappa shape index (κ3) is 3.62. The van der Waals surface area contributed by atoms with Crippen molar-refractivity contribution in [2.45, 2.75) is 12.8 Å². The van der Waals surface area contributed by atoms with E-state index < -0.39 is 4.92 Å². The monoisotopic (exact) mass is 355 g/mol. The van der Waals surface area contributed by atoms with Crippen molar-refractivity contribution in [1.29, 1.82) is 0 Å². The predicted octanol–water partition coefficient (Wildman–Crippen LogP) is 2.10. The summed E-state index contributed by atoms with van der Waals surface area (Å²) >= 11 is 0. The normalized spacial score (nSPS) is 23.0. The van der Waals surface area contributed by atoms with Crippen LogP contribution in [0, 0.1) is 22.0 Å². The van der Waals surface area contributed by atoms with Crippen LogP contribution >= 0.6 is 12.4 Å². The highest BCUT2D eigenvalue weighted by Gasteiger charge is 2.32. The van der Waals surface area contributed by atoms with Crippen molar-refractivity contribution in [3.63, 3.8) is 0 Å². The summed E-state index contributed by atoms with van der Waals surface area (Å²) < 4.78 is 4.98. The van der Waals surface area contributed by atoms with Crippen molar-refractivity contribution in [2.75, 3.05) is 33.3 Å². The first-order valence-corrected chi connectivity index (χ1v) is 7.92. The molecule has 0 saturated carbocycles. The summed E-state index contributed by atoms with van der Waals surface area (Å²) in [5.74, 6) is 1.31. The van der Waals surface area contributed by atoms with Crippen molar-refractivity contribution < 1.29 is 14.5 Å². The minimum Gasteiger partial charge on any atom is -0.490 e. The predicted molar refractivity (Wildman–Crippen MR) is 91.9 cm³/mol. The van der Waals surface area contributed by atoms with Crippen LogP contribution in [-0.2, 0) is 0 Å². The average molecular weight is 356 g/mol. The Morgan fingerprint density at radius 1 is 1.29 bits per heavy atom. The zero-order valence-electron chi connectivity index (χ0n) is 13.6. The van der Waals surface area contributed by atoms with E-state index in [4.69, 9.17) is 4.74 Å². The van der Waals surface area contributed by atoms with E-state index in [1.165, 1.54) is 19.2 Å². The molecule has 24 heavy (non-hydrogen) atoms. The molecule has 2 heterocycles. The first kappa shape index (κ1) is 18.5. The van der Waals surface area contributed by atoms with Crippen LogP contribution in [0.5, 0.6) is 5.75 Å². The second kappa shape index (κ2) is 7.81. The van der Waals surface area contributed by atoms with Gasteiger partial charge in [-0.25, -0.2) is 0 Å². The number of halogens is 1. The molecular formula is C16H22ClN3O4. The van der Waals surface area contributed by atoms with Gasteiger partial charge >= 0.3 is 5.69 Å². The summed E-state index contributed by atoms with van der Waals surface area (Å²) in [5.41, 5.74) is 0.178. The second-order valence-corrected chi connectivity index (χ2v) is 6.19. The van der Waals surface area contributed by atoms with Gasteiger partial charge in [0.25, 0.3) is 5.91 Å². The third-order valence-electron chi connectivity index (χ3n) is 4.93. The summed E-state index contributed by atoms with van der Waals surface area (Å²) in [7, 11) is 1.38. The van der Waals surface area contributed by atoms with Gasteiger partial charge in [-0.05, 0) is 49.9 Å². The molecule has 0 aromatic heterocycles. The maximum absolute atomic E-state index is 12.7. The molecule has 1 aromatic rings. The number of hydrogen-bond acceptors (Lipinski definition) is 5. The van der Waals surface area contributed by atoms with Crippen molar-refractivity contribution in [3.05, 3.63) is 33.9 Å². The Labute approximate surface area is 146 Å². The molecule has 0 bridgehead atoms. The first-order chi connectivity index (χ1) is 11.1. The molecule has 0 unspecified atom stereocenters. The Morgan fingerprint density at radius 3 is 2.46 bits per heavy atom. The maximum atomic E-state index is 12.7. The number of amides is 1. The molecule has 2 aliphatic rings. The zero-order valence-corrected chi connectivity index (χ0v) is 14.4. The number of nitro benzene ring substituents is 1. The average Bonchev–Trinajstić information content (AvgIpc) is 2.92. The Morgan fingerprint density at radius 2 is 1.92 bits per heavy atom. The number of nitro groups is 1. The van der Waals surface area contributed by atoms with Crippen LogP contribution in [0.1, 0.15) is 23.2 Å². The lowest BCUT2D eigenvalue weighted by atomic mass is 9.92. The van der Waals surface area contributed by atoms with Crippen LogP contribution in [-0.4, -0.2) is 49.0 Å². The third-order valence-corrected chi connectivity index (χ3v) is 4.93. The largest absolute Gasteiger partial charge is 0.490 e. The number of hydrogen-bond donors (Lipinski definition) is 1. The minimum atomic E-state index is -0.520. The van der Waals surface area contributed by atoms with Gasteiger partial charge in [0.05, 0.1) is 12.0 Å². The smallest absolute Gasteiger partial charge is 0.311 e. The van der Waals surface area contributed by atoms with Gasteiger partial charge in [0.1, 0.15) is 0 Å². The Bertz CT molecular complexity index is 611. The number of ether oxygens (including phenoxy) is 1. The molecule has 1 amide bonds. The van der Waals surface area contributed by atoms with Crippen LogP contribution in [0.3, 0.4) is 0 Å². The number of carbonyl (C=O) groups is 1. The summed E-state index contributed by atoms with van der Waals surface area (Å²) in [6.45, 7) is 3.48. The van der Waals surface area contributed by atoms with Crippen LogP contribution in [0.15, 0.2) is 18.2 Å². The first-order valence-electron chi connectivity index (χ1n) is 7.92. The lowest BCUT2D eigenvalue weighted by Gasteiger charge is -2.21. The van der Waals surface area contributed by atoms with Crippen molar-refractivity contribution >= 4 is 24.0 Å². The Balaban J connectivity index is 0.00000208. The molecule has 7 nitrogen and oxygen atoms in total. The number of nitrogens with zero attached hydrogens (tertiary/aromatic N) is 2. The number of rotatable bonds is 3. The van der Waals surface area contributed by atoms with Crippen molar-refractivity contribution in [3.8, 4) is 5.75 Å². The van der Waals surface area contributed by atoms with E-state index in [1.807, 2.05) is 4.90 Å². The minimum absolute atomic E-state index is 0. The van der Waals surface area contributed by atoms with E-state index in [2.05, 4.69) is 5.32 Å². The Hall–Kier alpha value is -1.86. The standard InChI is InChI=1S/C16H21N3O4.ClH/c1-23-15-3-2-11(8-14(15)19(21)22)16(20)18-6-4-12-9-17-10-13(12)5-7-18;/h2-3,8,12-13,17H,4-7,9-10H2,1H3;1H/t12-,13+;. The lowest BCUT2D eigenvalue weighted by molar-refractivity contribution is -0.385. The molecule has 0 radical (unpaired) electrons. The molecule has 132 valence electrons. The fourth-order valence-electron chi connectivity index (χ4n) is 3.57. The molecule has 2 atom stereocenters. The van der Waals surface area contributed by atoms with E-state index in [1.54, 1.807) is 6.07 Å². The molecule has 2 fully saturated rings. The highest BCUT2D eigenvalue weighted by atomic mass is 35.5. The molecule has 8 heteroatoms.